The lowest BCUT2D eigenvalue weighted by molar-refractivity contribution is -0.141. The predicted octanol–water partition coefficient (Wildman–Crippen LogP) is 2.59. The summed E-state index contributed by atoms with van der Waals surface area (Å²) < 4.78 is 18.3. The summed E-state index contributed by atoms with van der Waals surface area (Å²) in [6, 6.07) is 5.58. The molecular weight excluding hydrogens is 449 g/mol. The lowest BCUT2D eigenvalue weighted by atomic mass is 10.0. The third kappa shape index (κ3) is 6.13. The van der Waals surface area contributed by atoms with E-state index in [0.29, 0.717) is 10.7 Å². The zero-order valence-corrected chi connectivity index (χ0v) is 19.0. The molecule has 12 heteroatoms. The molecule has 33 heavy (non-hydrogen) atoms. The molecule has 0 bridgehead atoms. The molecule has 1 aromatic carbocycles. The highest BCUT2D eigenvalue weighted by molar-refractivity contribution is 8.00. The van der Waals surface area contributed by atoms with Crippen molar-refractivity contribution in [2.75, 3.05) is 16.8 Å². The fourth-order valence-electron chi connectivity index (χ4n) is 2.84. The summed E-state index contributed by atoms with van der Waals surface area (Å²) >= 11 is 1.06. The number of pyridine rings is 1. The van der Waals surface area contributed by atoms with Gasteiger partial charge in [-0.05, 0) is 56.2 Å². The first-order valence-corrected chi connectivity index (χ1v) is 10.7. The Balaban J connectivity index is 1.63. The summed E-state index contributed by atoms with van der Waals surface area (Å²) in [6.45, 7) is 5.21. The second kappa shape index (κ2) is 10.2. The van der Waals surface area contributed by atoms with Crippen LogP contribution in [0.3, 0.4) is 0 Å². The van der Waals surface area contributed by atoms with Gasteiger partial charge in [-0.3, -0.25) is 9.59 Å². The standard InChI is InChI=1S/C21H22FN7O3S/c1-10-11(2)17(18(23)31)19(25-12(10)3)33-9-16(30)32-8-15-27-20(24)29-21(28-15)26-14-6-4-13(22)5-7-14/h4-7H,8-9H2,1-3H3,(H2,23,31)(H3,24,26,27,28,29). The Labute approximate surface area is 193 Å². The number of carbonyl (C=O) groups excluding carboxylic acids is 2. The number of nitrogens with two attached hydrogens (primary N) is 2. The number of nitrogen functional groups attached to an aromatic ring is 1. The third-order valence-corrected chi connectivity index (χ3v) is 5.65. The van der Waals surface area contributed by atoms with Gasteiger partial charge in [-0.15, -0.1) is 0 Å². The quantitative estimate of drug-likeness (QED) is 0.329. The summed E-state index contributed by atoms with van der Waals surface area (Å²) in [6.07, 6.45) is 0. The van der Waals surface area contributed by atoms with E-state index >= 15 is 0 Å². The van der Waals surface area contributed by atoms with Gasteiger partial charge in [0.1, 0.15) is 10.8 Å². The second-order valence-corrected chi connectivity index (χ2v) is 7.97. The molecule has 0 atom stereocenters. The number of thioether (sulfide) groups is 1. The van der Waals surface area contributed by atoms with Gasteiger partial charge >= 0.3 is 5.97 Å². The topological polar surface area (TPSA) is 159 Å². The van der Waals surface area contributed by atoms with Crippen LogP contribution in [0.25, 0.3) is 0 Å². The first-order valence-electron chi connectivity index (χ1n) is 9.73. The lowest BCUT2D eigenvalue weighted by Crippen LogP contribution is -2.17. The number of hydrogen-bond acceptors (Lipinski definition) is 10. The Kier molecular flexibility index (Phi) is 7.38. The monoisotopic (exact) mass is 471 g/mol. The van der Waals surface area contributed by atoms with Crippen molar-refractivity contribution in [3.05, 3.63) is 58.3 Å². The fourth-order valence-corrected chi connectivity index (χ4v) is 3.78. The third-order valence-electron chi connectivity index (χ3n) is 4.70. The number of amides is 1. The van der Waals surface area contributed by atoms with Gasteiger partial charge < -0.3 is 21.5 Å². The zero-order chi connectivity index (χ0) is 24.1. The number of carbonyl (C=O) groups is 2. The Morgan fingerprint density at radius 1 is 1.06 bits per heavy atom. The number of halogens is 1. The van der Waals surface area contributed by atoms with Crippen LogP contribution in [0.4, 0.5) is 22.0 Å². The highest BCUT2D eigenvalue weighted by Crippen LogP contribution is 2.27. The maximum atomic E-state index is 13.1. The first-order chi connectivity index (χ1) is 15.6. The van der Waals surface area contributed by atoms with Crippen molar-refractivity contribution in [3.63, 3.8) is 0 Å². The highest BCUT2D eigenvalue weighted by atomic mass is 32.2. The van der Waals surface area contributed by atoms with Crippen LogP contribution in [-0.2, 0) is 16.1 Å². The van der Waals surface area contributed by atoms with E-state index in [9.17, 15) is 14.0 Å². The van der Waals surface area contributed by atoms with Crippen molar-refractivity contribution in [3.8, 4) is 0 Å². The van der Waals surface area contributed by atoms with Crippen LogP contribution in [0.5, 0.6) is 0 Å². The van der Waals surface area contributed by atoms with Gasteiger partial charge in [0, 0.05) is 11.4 Å². The smallest absolute Gasteiger partial charge is 0.316 e. The van der Waals surface area contributed by atoms with Gasteiger partial charge in [0.05, 0.1) is 11.3 Å². The Hall–Kier alpha value is -3.80. The number of rotatable bonds is 8. The summed E-state index contributed by atoms with van der Waals surface area (Å²) in [4.78, 5) is 40.6. The summed E-state index contributed by atoms with van der Waals surface area (Å²) in [5.74, 6) is -1.48. The van der Waals surface area contributed by atoms with Crippen molar-refractivity contribution in [1.82, 2.24) is 19.9 Å². The molecule has 1 amide bonds. The molecule has 0 saturated carbocycles. The molecule has 0 aliphatic carbocycles. The van der Waals surface area contributed by atoms with Crippen LogP contribution in [0.2, 0.25) is 0 Å². The Morgan fingerprint density at radius 3 is 2.42 bits per heavy atom. The molecule has 2 heterocycles. The second-order valence-electron chi connectivity index (χ2n) is 7.01. The van der Waals surface area contributed by atoms with Gasteiger partial charge in [-0.1, -0.05) is 11.8 Å². The van der Waals surface area contributed by atoms with Gasteiger partial charge in [-0.25, -0.2) is 9.37 Å². The lowest BCUT2D eigenvalue weighted by Gasteiger charge is -2.13. The molecular formula is C21H22FN7O3S. The van der Waals surface area contributed by atoms with Crippen molar-refractivity contribution >= 4 is 41.2 Å². The van der Waals surface area contributed by atoms with E-state index < -0.39 is 11.9 Å². The van der Waals surface area contributed by atoms with E-state index in [1.54, 1.807) is 6.92 Å². The molecule has 172 valence electrons. The molecule has 0 aliphatic heterocycles. The first kappa shape index (κ1) is 23.9. The number of primary amides is 1. The van der Waals surface area contributed by atoms with E-state index in [-0.39, 0.29) is 41.5 Å². The highest BCUT2D eigenvalue weighted by Gasteiger charge is 2.19. The zero-order valence-electron chi connectivity index (χ0n) is 18.2. The molecule has 0 unspecified atom stereocenters. The number of hydrogen-bond donors (Lipinski definition) is 3. The minimum atomic E-state index is -0.610. The summed E-state index contributed by atoms with van der Waals surface area (Å²) in [7, 11) is 0. The molecule has 0 radical (unpaired) electrons. The average molecular weight is 472 g/mol. The van der Waals surface area contributed by atoms with Crippen LogP contribution >= 0.6 is 11.8 Å². The van der Waals surface area contributed by atoms with Gasteiger partial charge in [0.15, 0.2) is 12.4 Å². The van der Waals surface area contributed by atoms with Gasteiger partial charge in [0.25, 0.3) is 5.91 Å². The number of aromatic nitrogens is 4. The molecule has 0 aliphatic rings. The number of esters is 1. The number of nitrogens with zero attached hydrogens (tertiary/aromatic N) is 4. The van der Waals surface area contributed by atoms with Crippen molar-refractivity contribution in [2.45, 2.75) is 32.4 Å². The van der Waals surface area contributed by atoms with Crippen LogP contribution < -0.4 is 16.8 Å². The largest absolute Gasteiger partial charge is 0.457 e. The summed E-state index contributed by atoms with van der Waals surface area (Å²) in [5.41, 5.74) is 14.4. The van der Waals surface area contributed by atoms with Crippen LogP contribution in [0.15, 0.2) is 29.3 Å². The van der Waals surface area contributed by atoms with Crippen molar-refractivity contribution < 1.29 is 18.7 Å². The average Bonchev–Trinajstić information content (AvgIpc) is 2.75. The molecule has 0 fully saturated rings. The number of nitrogens with one attached hydrogen (secondary N) is 1. The van der Waals surface area contributed by atoms with E-state index in [1.165, 1.54) is 24.3 Å². The fraction of sp³-hybridized carbons (Fsp3) is 0.238. The minimum absolute atomic E-state index is 0.0732. The number of ether oxygens (including phenoxy) is 1. The SMILES string of the molecule is Cc1nc(SCC(=O)OCc2nc(N)nc(Nc3ccc(F)cc3)n2)c(C(N)=O)c(C)c1C. The number of anilines is 3. The normalized spacial score (nSPS) is 10.7. The van der Waals surface area contributed by atoms with E-state index in [2.05, 4.69) is 25.3 Å². The predicted molar refractivity (Wildman–Crippen MR) is 121 cm³/mol. The van der Waals surface area contributed by atoms with Crippen LogP contribution in [-0.4, -0.2) is 37.6 Å². The van der Waals surface area contributed by atoms with E-state index in [1.807, 2.05) is 13.8 Å². The molecule has 2 aromatic heterocycles. The van der Waals surface area contributed by atoms with Crippen molar-refractivity contribution in [1.29, 1.82) is 0 Å². The molecule has 3 aromatic rings. The van der Waals surface area contributed by atoms with Gasteiger partial charge in [0.2, 0.25) is 11.9 Å². The molecule has 0 spiro atoms. The maximum absolute atomic E-state index is 13.1. The molecule has 10 nitrogen and oxygen atoms in total. The van der Waals surface area contributed by atoms with Crippen LogP contribution in [0, 0.1) is 26.6 Å². The Bertz CT molecular complexity index is 1210. The van der Waals surface area contributed by atoms with Crippen molar-refractivity contribution in [2.24, 2.45) is 5.73 Å². The minimum Gasteiger partial charge on any atom is -0.457 e. The molecule has 0 saturated heterocycles. The van der Waals surface area contributed by atoms with E-state index in [4.69, 9.17) is 16.2 Å². The van der Waals surface area contributed by atoms with Gasteiger partial charge in [-0.2, -0.15) is 15.0 Å². The number of aryl methyl sites for hydroxylation is 1. The van der Waals surface area contributed by atoms with Crippen LogP contribution in [0.1, 0.15) is 33.0 Å². The molecule has 5 N–H and O–H groups in total. The maximum Gasteiger partial charge on any atom is 0.316 e. The molecule has 3 rings (SSSR count). The number of benzene rings is 1. The Morgan fingerprint density at radius 2 is 1.76 bits per heavy atom. The summed E-state index contributed by atoms with van der Waals surface area (Å²) in [5, 5.41) is 3.24. The van der Waals surface area contributed by atoms with E-state index in [0.717, 1.165) is 28.6 Å².